The fourth-order valence-electron chi connectivity index (χ4n) is 2.40. The first-order chi connectivity index (χ1) is 7.05. The molecule has 82 valence electrons. The normalized spacial score (nSPS) is 23.3. The summed E-state index contributed by atoms with van der Waals surface area (Å²) in [6, 6.07) is 6.59. The van der Waals surface area contributed by atoms with Gasteiger partial charge in [0, 0.05) is 11.5 Å². The van der Waals surface area contributed by atoms with Gasteiger partial charge >= 0.3 is 0 Å². The van der Waals surface area contributed by atoms with E-state index in [1.54, 1.807) is 7.11 Å². The second-order valence-corrected chi connectivity index (χ2v) is 4.89. The van der Waals surface area contributed by atoms with Gasteiger partial charge in [-0.25, -0.2) is 0 Å². The largest absolute Gasteiger partial charge is 0.497 e. The Morgan fingerprint density at radius 2 is 2.13 bits per heavy atom. The van der Waals surface area contributed by atoms with Gasteiger partial charge in [-0.2, -0.15) is 0 Å². The summed E-state index contributed by atoms with van der Waals surface area (Å²) in [6.45, 7) is 4.45. The molecule has 0 fully saturated rings. The average Bonchev–Trinajstić information content (AvgIpc) is 2.23. The molecule has 2 N–H and O–H groups in total. The standard InChI is InChI=1S/C13H19NO/c1-13(2)11-6-5-10(15-3)8-9(11)4-7-12(13)14/h5-6,8,12H,4,7,14H2,1-3H3. The minimum absolute atomic E-state index is 0.0832. The topological polar surface area (TPSA) is 35.2 Å². The van der Waals surface area contributed by atoms with Crippen LogP contribution in [0, 0.1) is 0 Å². The van der Waals surface area contributed by atoms with E-state index in [9.17, 15) is 0 Å². The number of aryl methyl sites for hydroxylation is 1. The van der Waals surface area contributed by atoms with E-state index in [-0.39, 0.29) is 11.5 Å². The minimum atomic E-state index is 0.0832. The van der Waals surface area contributed by atoms with E-state index in [1.807, 2.05) is 6.07 Å². The second kappa shape index (κ2) is 3.53. The molecule has 0 aliphatic heterocycles. The minimum Gasteiger partial charge on any atom is -0.497 e. The van der Waals surface area contributed by atoms with Gasteiger partial charge in [-0.05, 0) is 36.1 Å². The van der Waals surface area contributed by atoms with E-state index in [1.165, 1.54) is 11.1 Å². The molecule has 2 heteroatoms. The van der Waals surface area contributed by atoms with Crippen LogP contribution in [0.3, 0.4) is 0 Å². The first-order valence-corrected chi connectivity index (χ1v) is 5.48. The van der Waals surface area contributed by atoms with E-state index in [0.29, 0.717) is 0 Å². The number of rotatable bonds is 1. The Kier molecular flexibility index (Phi) is 2.47. The van der Waals surface area contributed by atoms with Crippen molar-refractivity contribution in [2.45, 2.75) is 38.1 Å². The Bertz CT molecular complexity index is 371. The maximum atomic E-state index is 6.17. The number of hydrogen-bond acceptors (Lipinski definition) is 2. The van der Waals surface area contributed by atoms with Gasteiger partial charge in [0.15, 0.2) is 0 Å². The van der Waals surface area contributed by atoms with Gasteiger partial charge < -0.3 is 10.5 Å². The quantitative estimate of drug-likeness (QED) is 0.763. The van der Waals surface area contributed by atoms with E-state index in [4.69, 9.17) is 10.5 Å². The highest BCUT2D eigenvalue weighted by Gasteiger charge is 2.34. The third-order valence-corrected chi connectivity index (χ3v) is 3.66. The maximum Gasteiger partial charge on any atom is 0.119 e. The van der Waals surface area contributed by atoms with Crippen LogP contribution in [0.15, 0.2) is 18.2 Å². The zero-order chi connectivity index (χ0) is 11.1. The third kappa shape index (κ3) is 1.63. The summed E-state index contributed by atoms with van der Waals surface area (Å²) < 4.78 is 5.24. The van der Waals surface area contributed by atoms with Crippen molar-refractivity contribution in [1.82, 2.24) is 0 Å². The Labute approximate surface area is 91.4 Å². The molecule has 1 aliphatic rings. The average molecular weight is 205 g/mol. The van der Waals surface area contributed by atoms with Crippen LogP contribution in [0.2, 0.25) is 0 Å². The van der Waals surface area contributed by atoms with E-state index >= 15 is 0 Å². The van der Waals surface area contributed by atoms with Crippen molar-refractivity contribution in [1.29, 1.82) is 0 Å². The Balaban J connectivity index is 2.48. The van der Waals surface area contributed by atoms with Gasteiger partial charge in [0.2, 0.25) is 0 Å². The third-order valence-electron chi connectivity index (χ3n) is 3.66. The number of ether oxygens (including phenoxy) is 1. The molecule has 0 bridgehead atoms. The molecular weight excluding hydrogens is 186 g/mol. The van der Waals surface area contributed by atoms with Crippen LogP contribution in [0.1, 0.15) is 31.4 Å². The lowest BCUT2D eigenvalue weighted by Gasteiger charge is -2.38. The van der Waals surface area contributed by atoms with Crippen molar-refractivity contribution in [3.8, 4) is 5.75 Å². The summed E-state index contributed by atoms with van der Waals surface area (Å²) in [6.07, 6.45) is 2.13. The molecule has 0 heterocycles. The van der Waals surface area contributed by atoms with Crippen LogP contribution in [0.5, 0.6) is 5.75 Å². The lowest BCUT2D eigenvalue weighted by Crippen LogP contribution is -2.44. The Hall–Kier alpha value is -1.02. The summed E-state index contributed by atoms with van der Waals surface area (Å²) in [4.78, 5) is 0. The van der Waals surface area contributed by atoms with Gasteiger partial charge in [-0.3, -0.25) is 0 Å². The molecule has 0 amide bonds. The van der Waals surface area contributed by atoms with Gasteiger partial charge in [0.05, 0.1) is 7.11 Å². The second-order valence-electron chi connectivity index (χ2n) is 4.89. The fraction of sp³-hybridized carbons (Fsp3) is 0.538. The Morgan fingerprint density at radius 3 is 2.80 bits per heavy atom. The number of methoxy groups -OCH3 is 1. The highest BCUT2D eigenvalue weighted by atomic mass is 16.5. The number of nitrogens with two attached hydrogens (primary N) is 1. The van der Waals surface area contributed by atoms with Crippen LogP contribution < -0.4 is 10.5 Å². The molecule has 1 aliphatic carbocycles. The van der Waals surface area contributed by atoms with Crippen LogP contribution in [-0.2, 0) is 11.8 Å². The van der Waals surface area contributed by atoms with Gasteiger partial charge in [0.25, 0.3) is 0 Å². The van der Waals surface area contributed by atoms with Crippen LogP contribution in [-0.4, -0.2) is 13.2 Å². The molecule has 1 aromatic rings. The zero-order valence-electron chi connectivity index (χ0n) is 9.71. The van der Waals surface area contributed by atoms with Gasteiger partial charge in [0.1, 0.15) is 5.75 Å². The fourth-order valence-corrected chi connectivity index (χ4v) is 2.40. The molecule has 1 atom stereocenters. The molecule has 0 saturated carbocycles. The van der Waals surface area contributed by atoms with E-state index in [0.717, 1.165) is 18.6 Å². The molecule has 0 radical (unpaired) electrons. The summed E-state index contributed by atoms with van der Waals surface area (Å²) in [5.74, 6) is 0.944. The molecule has 0 spiro atoms. The molecule has 15 heavy (non-hydrogen) atoms. The highest BCUT2D eigenvalue weighted by Crippen LogP contribution is 2.37. The van der Waals surface area contributed by atoms with Crippen molar-refractivity contribution in [3.63, 3.8) is 0 Å². The summed E-state index contributed by atoms with van der Waals surface area (Å²) in [5.41, 5.74) is 9.02. The molecular formula is C13H19NO. The van der Waals surface area contributed by atoms with Crippen LogP contribution >= 0.6 is 0 Å². The summed E-state index contributed by atoms with van der Waals surface area (Å²) in [7, 11) is 1.71. The number of hydrogen-bond donors (Lipinski definition) is 1. The van der Waals surface area contributed by atoms with E-state index in [2.05, 4.69) is 26.0 Å². The van der Waals surface area contributed by atoms with Gasteiger partial charge in [-0.1, -0.05) is 19.9 Å². The SMILES string of the molecule is COc1ccc2c(c1)CCC(N)C2(C)C. The maximum absolute atomic E-state index is 6.17. The molecule has 2 rings (SSSR count). The first kappa shape index (κ1) is 10.5. The number of fused-ring (bicyclic) bond motifs is 1. The smallest absolute Gasteiger partial charge is 0.119 e. The summed E-state index contributed by atoms with van der Waals surface area (Å²) in [5, 5.41) is 0. The Morgan fingerprint density at radius 1 is 1.40 bits per heavy atom. The predicted molar refractivity (Wildman–Crippen MR) is 62.3 cm³/mol. The molecule has 2 nitrogen and oxygen atoms in total. The molecule has 0 aromatic heterocycles. The first-order valence-electron chi connectivity index (χ1n) is 5.48. The van der Waals surface area contributed by atoms with Crippen LogP contribution in [0.25, 0.3) is 0 Å². The van der Waals surface area contributed by atoms with Crippen molar-refractivity contribution in [2.75, 3.05) is 7.11 Å². The lowest BCUT2D eigenvalue weighted by atomic mass is 9.69. The number of benzene rings is 1. The van der Waals surface area contributed by atoms with Gasteiger partial charge in [-0.15, -0.1) is 0 Å². The lowest BCUT2D eigenvalue weighted by molar-refractivity contribution is 0.361. The van der Waals surface area contributed by atoms with Crippen molar-refractivity contribution >= 4 is 0 Å². The molecule has 1 unspecified atom stereocenters. The van der Waals surface area contributed by atoms with Crippen molar-refractivity contribution < 1.29 is 4.74 Å². The monoisotopic (exact) mass is 205 g/mol. The zero-order valence-corrected chi connectivity index (χ0v) is 9.71. The predicted octanol–water partition coefficient (Wildman–Crippen LogP) is 2.25. The highest BCUT2D eigenvalue weighted by molar-refractivity contribution is 5.42. The molecule has 1 aromatic carbocycles. The van der Waals surface area contributed by atoms with Crippen molar-refractivity contribution in [3.05, 3.63) is 29.3 Å². The van der Waals surface area contributed by atoms with Crippen LogP contribution in [0.4, 0.5) is 0 Å². The molecule has 0 saturated heterocycles. The van der Waals surface area contributed by atoms with Crippen molar-refractivity contribution in [2.24, 2.45) is 5.73 Å². The summed E-state index contributed by atoms with van der Waals surface area (Å²) >= 11 is 0. The van der Waals surface area contributed by atoms with E-state index < -0.39 is 0 Å².